The smallest absolute Gasteiger partial charge is 0.321 e. The molecule has 2 N–H and O–H groups in total. The van der Waals surface area contributed by atoms with Crippen LogP contribution in [0.1, 0.15) is 24.0 Å². The number of nitrogens with zero attached hydrogens (tertiary/aromatic N) is 2. The zero-order chi connectivity index (χ0) is 21.2. The molecule has 0 bridgehead atoms. The summed E-state index contributed by atoms with van der Waals surface area (Å²) in [5, 5.41) is 15.0. The second-order valence-corrected chi connectivity index (χ2v) is 8.30. The number of benzene rings is 2. The Morgan fingerprint density at radius 2 is 1.90 bits per heavy atom. The Balaban J connectivity index is 1.38. The fourth-order valence-corrected chi connectivity index (χ4v) is 4.29. The molecule has 1 aliphatic heterocycles. The standard InChI is InChI=1S/C23H26N4O2S/c24-15-18-7-4-5-8-20(18)17-30-14-12-25-22(28)19-9-6-13-27(16-19)23(29)26-21-10-2-1-3-11-21/h1-5,7-8,10-11,19H,6,9,12-14,16-17H2,(H,25,28)(H,26,29). The van der Waals surface area contributed by atoms with E-state index in [1.165, 1.54) is 0 Å². The number of amides is 3. The molecular formula is C23H26N4O2S. The van der Waals surface area contributed by atoms with Gasteiger partial charge in [0.25, 0.3) is 0 Å². The molecule has 6 nitrogen and oxygen atoms in total. The molecule has 3 amide bonds. The van der Waals surface area contributed by atoms with E-state index in [1.54, 1.807) is 16.7 Å². The van der Waals surface area contributed by atoms with E-state index in [0.29, 0.717) is 25.2 Å². The van der Waals surface area contributed by atoms with E-state index in [4.69, 9.17) is 5.26 Å². The number of rotatable bonds is 7. The highest BCUT2D eigenvalue weighted by Crippen LogP contribution is 2.19. The van der Waals surface area contributed by atoms with Gasteiger partial charge in [0.05, 0.1) is 17.6 Å². The Hall–Kier alpha value is -2.98. The first-order chi connectivity index (χ1) is 14.7. The van der Waals surface area contributed by atoms with Gasteiger partial charge in [0.2, 0.25) is 5.91 Å². The van der Waals surface area contributed by atoms with Crippen LogP contribution in [-0.4, -0.2) is 42.2 Å². The molecule has 30 heavy (non-hydrogen) atoms. The first kappa shape index (κ1) is 21.7. The van der Waals surface area contributed by atoms with Crippen LogP contribution in [0.4, 0.5) is 10.5 Å². The van der Waals surface area contributed by atoms with Crippen molar-refractivity contribution in [3.63, 3.8) is 0 Å². The van der Waals surface area contributed by atoms with Gasteiger partial charge in [-0.1, -0.05) is 36.4 Å². The summed E-state index contributed by atoms with van der Waals surface area (Å²) in [4.78, 5) is 26.7. The predicted molar refractivity (Wildman–Crippen MR) is 120 cm³/mol. The molecule has 0 aromatic heterocycles. The van der Waals surface area contributed by atoms with E-state index < -0.39 is 0 Å². The summed E-state index contributed by atoms with van der Waals surface area (Å²) in [6.45, 7) is 1.68. The number of nitrogens with one attached hydrogen (secondary N) is 2. The van der Waals surface area contributed by atoms with Crippen LogP contribution in [0.5, 0.6) is 0 Å². The number of carbonyl (C=O) groups is 2. The molecule has 1 fully saturated rings. The van der Waals surface area contributed by atoms with E-state index in [9.17, 15) is 9.59 Å². The van der Waals surface area contributed by atoms with Gasteiger partial charge in [-0.25, -0.2) is 4.79 Å². The molecule has 0 radical (unpaired) electrons. The topological polar surface area (TPSA) is 85.2 Å². The summed E-state index contributed by atoms with van der Waals surface area (Å²) >= 11 is 1.69. The van der Waals surface area contributed by atoms with Crippen molar-refractivity contribution in [2.45, 2.75) is 18.6 Å². The van der Waals surface area contributed by atoms with Crippen LogP contribution < -0.4 is 10.6 Å². The maximum atomic E-state index is 12.5. The third-order valence-electron chi connectivity index (χ3n) is 5.05. The lowest BCUT2D eigenvalue weighted by Gasteiger charge is -2.32. The number of hydrogen-bond donors (Lipinski definition) is 2. The van der Waals surface area contributed by atoms with Crippen molar-refractivity contribution in [2.24, 2.45) is 5.92 Å². The lowest BCUT2D eigenvalue weighted by Crippen LogP contribution is -2.47. The molecule has 0 saturated carbocycles. The van der Waals surface area contributed by atoms with E-state index in [-0.39, 0.29) is 17.9 Å². The summed E-state index contributed by atoms with van der Waals surface area (Å²) in [5.74, 6) is 1.35. The van der Waals surface area contributed by atoms with Gasteiger partial charge < -0.3 is 15.5 Å². The molecule has 1 heterocycles. The third-order valence-corrected chi connectivity index (χ3v) is 6.05. The molecule has 0 aliphatic carbocycles. The van der Waals surface area contributed by atoms with Gasteiger partial charge in [0.1, 0.15) is 0 Å². The summed E-state index contributed by atoms with van der Waals surface area (Å²) in [6.07, 6.45) is 1.61. The number of likely N-dealkylation sites (tertiary alicyclic amines) is 1. The first-order valence-electron chi connectivity index (χ1n) is 10.1. The molecule has 2 aromatic carbocycles. The van der Waals surface area contributed by atoms with Crippen molar-refractivity contribution in [2.75, 3.05) is 30.7 Å². The highest BCUT2D eigenvalue weighted by Gasteiger charge is 2.28. The number of para-hydroxylation sites is 1. The van der Waals surface area contributed by atoms with Gasteiger partial charge in [-0.3, -0.25) is 4.79 Å². The number of nitriles is 1. The molecule has 3 rings (SSSR count). The van der Waals surface area contributed by atoms with Gasteiger partial charge in [0.15, 0.2) is 0 Å². The quantitative estimate of drug-likeness (QED) is 0.664. The molecule has 7 heteroatoms. The molecule has 1 unspecified atom stereocenters. The highest BCUT2D eigenvalue weighted by molar-refractivity contribution is 7.98. The summed E-state index contributed by atoms with van der Waals surface area (Å²) < 4.78 is 0. The zero-order valence-electron chi connectivity index (χ0n) is 16.8. The molecule has 0 spiro atoms. The number of piperidine rings is 1. The van der Waals surface area contributed by atoms with Crippen LogP contribution in [0.15, 0.2) is 54.6 Å². The van der Waals surface area contributed by atoms with E-state index >= 15 is 0 Å². The summed E-state index contributed by atoms with van der Waals surface area (Å²) in [6, 6.07) is 19.0. The lowest BCUT2D eigenvalue weighted by atomic mass is 9.97. The minimum absolute atomic E-state index is 0.00485. The number of carbonyl (C=O) groups excluding carboxylic acids is 2. The van der Waals surface area contributed by atoms with Gasteiger partial charge in [0, 0.05) is 36.8 Å². The van der Waals surface area contributed by atoms with E-state index in [1.807, 2.05) is 54.6 Å². The fraction of sp³-hybridized carbons (Fsp3) is 0.348. The second-order valence-electron chi connectivity index (χ2n) is 7.19. The molecule has 1 aliphatic rings. The average molecular weight is 423 g/mol. The third kappa shape index (κ3) is 6.26. The fourth-order valence-electron chi connectivity index (χ4n) is 3.43. The Morgan fingerprint density at radius 1 is 1.13 bits per heavy atom. The molecule has 1 saturated heterocycles. The Labute approximate surface area is 181 Å². The second kappa shape index (κ2) is 11.3. The number of anilines is 1. The largest absolute Gasteiger partial charge is 0.355 e. The number of urea groups is 1. The molecule has 2 aromatic rings. The number of hydrogen-bond acceptors (Lipinski definition) is 4. The van der Waals surface area contributed by atoms with Gasteiger partial charge >= 0.3 is 6.03 Å². The van der Waals surface area contributed by atoms with E-state index in [0.717, 1.165) is 35.6 Å². The maximum absolute atomic E-state index is 12.5. The first-order valence-corrected chi connectivity index (χ1v) is 11.3. The zero-order valence-corrected chi connectivity index (χ0v) is 17.7. The van der Waals surface area contributed by atoms with Gasteiger partial charge in [-0.2, -0.15) is 17.0 Å². The molecule has 156 valence electrons. The molecular weight excluding hydrogens is 396 g/mol. The predicted octanol–water partition coefficient (Wildman–Crippen LogP) is 3.85. The Kier molecular flexibility index (Phi) is 8.16. The minimum Gasteiger partial charge on any atom is -0.355 e. The average Bonchev–Trinajstić information content (AvgIpc) is 2.79. The summed E-state index contributed by atoms with van der Waals surface area (Å²) in [5.41, 5.74) is 2.47. The van der Waals surface area contributed by atoms with E-state index in [2.05, 4.69) is 16.7 Å². The van der Waals surface area contributed by atoms with Crippen molar-refractivity contribution >= 4 is 29.4 Å². The Morgan fingerprint density at radius 3 is 2.70 bits per heavy atom. The van der Waals surface area contributed by atoms with Crippen molar-refractivity contribution in [3.05, 3.63) is 65.7 Å². The summed E-state index contributed by atoms with van der Waals surface area (Å²) in [7, 11) is 0. The SMILES string of the molecule is N#Cc1ccccc1CSCCNC(=O)C1CCCN(C(=O)Nc2ccccc2)C1. The van der Waals surface area contributed by atoms with Crippen molar-refractivity contribution in [3.8, 4) is 6.07 Å². The van der Waals surface area contributed by atoms with Crippen molar-refractivity contribution < 1.29 is 9.59 Å². The number of thioether (sulfide) groups is 1. The van der Waals surface area contributed by atoms with Crippen molar-refractivity contribution in [1.82, 2.24) is 10.2 Å². The van der Waals surface area contributed by atoms with Crippen LogP contribution in [0.3, 0.4) is 0 Å². The van der Waals surface area contributed by atoms with Crippen LogP contribution in [0.25, 0.3) is 0 Å². The van der Waals surface area contributed by atoms with Crippen molar-refractivity contribution in [1.29, 1.82) is 5.26 Å². The maximum Gasteiger partial charge on any atom is 0.321 e. The lowest BCUT2D eigenvalue weighted by molar-refractivity contribution is -0.126. The Bertz CT molecular complexity index is 898. The highest BCUT2D eigenvalue weighted by atomic mass is 32.2. The van der Waals surface area contributed by atoms with Crippen LogP contribution in [-0.2, 0) is 10.5 Å². The van der Waals surface area contributed by atoms with Gasteiger partial charge in [-0.05, 0) is 36.6 Å². The molecule has 1 atom stereocenters. The normalized spacial score (nSPS) is 15.8. The van der Waals surface area contributed by atoms with Crippen LogP contribution in [0.2, 0.25) is 0 Å². The monoisotopic (exact) mass is 422 g/mol. The van der Waals surface area contributed by atoms with Crippen LogP contribution in [0, 0.1) is 17.2 Å². The van der Waals surface area contributed by atoms with Gasteiger partial charge in [-0.15, -0.1) is 0 Å². The van der Waals surface area contributed by atoms with Crippen LogP contribution >= 0.6 is 11.8 Å². The minimum atomic E-state index is -0.176.